The van der Waals surface area contributed by atoms with E-state index in [1.807, 2.05) is 4.57 Å². The third kappa shape index (κ3) is 3.65. The fourth-order valence-electron chi connectivity index (χ4n) is 2.13. The van der Waals surface area contributed by atoms with Gasteiger partial charge in [-0.2, -0.15) is 0 Å². The summed E-state index contributed by atoms with van der Waals surface area (Å²) in [6.45, 7) is 2.69. The number of hydrogen-bond donors (Lipinski definition) is 0. The zero-order valence-electron chi connectivity index (χ0n) is 11.7. The van der Waals surface area contributed by atoms with Crippen LogP contribution in [0, 0.1) is 0 Å². The monoisotopic (exact) mass is 402 g/mol. The van der Waals surface area contributed by atoms with Crippen LogP contribution >= 0.6 is 46.4 Å². The number of unbranched alkanes of at least 4 members (excludes halogenated alkanes) is 1. The van der Waals surface area contributed by atoms with E-state index in [9.17, 15) is 8.42 Å². The van der Waals surface area contributed by atoms with Gasteiger partial charge in [-0.3, -0.25) is 0 Å². The molecule has 0 aliphatic rings. The SMILES string of the molecule is CCCCn1c(C(Cl)(Cl)Cl)nc2cc(S(=O)(=O)CCl)ccc21. The van der Waals surface area contributed by atoms with Crippen LogP contribution in [0.3, 0.4) is 0 Å². The average molecular weight is 404 g/mol. The van der Waals surface area contributed by atoms with Gasteiger partial charge in [-0.25, -0.2) is 13.4 Å². The summed E-state index contributed by atoms with van der Waals surface area (Å²) in [6, 6.07) is 4.61. The number of nitrogens with zero attached hydrogens (tertiary/aromatic N) is 2. The van der Waals surface area contributed by atoms with Crippen LogP contribution in [0.1, 0.15) is 25.6 Å². The molecule has 0 saturated carbocycles. The van der Waals surface area contributed by atoms with E-state index < -0.39 is 18.8 Å². The first-order chi connectivity index (χ1) is 10.2. The van der Waals surface area contributed by atoms with Crippen molar-refractivity contribution in [3.63, 3.8) is 0 Å². The molecule has 0 aliphatic heterocycles. The third-order valence-electron chi connectivity index (χ3n) is 3.21. The lowest BCUT2D eigenvalue weighted by molar-refractivity contribution is 0.600. The molecule has 0 N–H and O–H groups in total. The lowest BCUT2D eigenvalue weighted by Crippen LogP contribution is -2.12. The quantitative estimate of drug-likeness (QED) is 0.683. The average Bonchev–Trinajstić information content (AvgIpc) is 2.83. The smallest absolute Gasteiger partial charge is 0.248 e. The van der Waals surface area contributed by atoms with Crippen molar-refractivity contribution in [2.24, 2.45) is 0 Å². The van der Waals surface area contributed by atoms with Gasteiger partial charge in [-0.05, 0) is 24.6 Å². The van der Waals surface area contributed by atoms with Crippen molar-refractivity contribution in [1.29, 1.82) is 0 Å². The number of imidazole rings is 1. The minimum atomic E-state index is -3.53. The highest BCUT2D eigenvalue weighted by atomic mass is 35.6. The lowest BCUT2D eigenvalue weighted by Gasteiger charge is -2.14. The van der Waals surface area contributed by atoms with Crippen LogP contribution in [0.2, 0.25) is 0 Å². The molecule has 0 saturated heterocycles. The molecule has 0 aliphatic carbocycles. The highest BCUT2D eigenvalue weighted by Crippen LogP contribution is 2.39. The van der Waals surface area contributed by atoms with Gasteiger partial charge in [-0.1, -0.05) is 48.1 Å². The maximum atomic E-state index is 11.9. The zero-order valence-corrected chi connectivity index (χ0v) is 15.5. The van der Waals surface area contributed by atoms with Crippen molar-refractivity contribution in [1.82, 2.24) is 9.55 Å². The second-order valence-corrected chi connectivity index (χ2v) is 9.67. The Morgan fingerprint density at radius 3 is 2.50 bits per heavy atom. The summed E-state index contributed by atoms with van der Waals surface area (Å²) in [5.74, 6) is 0.279. The molecule has 0 amide bonds. The van der Waals surface area contributed by atoms with Crippen molar-refractivity contribution in [3.05, 3.63) is 24.0 Å². The Kier molecular flexibility index (Phi) is 5.55. The number of fused-ring (bicyclic) bond motifs is 1. The summed E-state index contributed by atoms with van der Waals surface area (Å²) in [5, 5.41) is -0.494. The molecular formula is C13H14Cl4N2O2S. The predicted molar refractivity (Wildman–Crippen MR) is 91.8 cm³/mol. The predicted octanol–water partition coefficient (Wildman–Crippen LogP) is 4.63. The number of aromatic nitrogens is 2. The van der Waals surface area contributed by atoms with Gasteiger partial charge in [0.2, 0.25) is 3.79 Å². The van der Waals surface area contributed by atoms with E-state index in [1.54, 1.807) is 6.07 Å². The van der Waals surface area contributed by atoms with E-state index >= 15 is 0 Å². The molecule has 0 atom stereocenters. The molecule has 1 heterocycles. The Bertz CT molecular complexity index is 781. The van der Waals surface area contributed by atoms with Crippen LogP contribution in [0.5, 0.6) is 0 Å². The van der Waals surface area contributed by atoms with Crippen LogP contribution in [-0.4, -0.2) is 23.2 Å². The first-order valence-electron chi connectivity index (χ1n) is 6.57. The minimum Gasteiger partial charge on any atom is -0.324 e. The Hall–Kier alpha value is -0.200. The van der Waals surface area contributed by atoms with E-state index in [0.29, 0.717) is 12.1 Å². The molecule has 2 aromatic rings. The summed E-state index contributed by atoms with van der Waals surface area (Å²) >= 11 is 23.4. The fraction of sp³-hybridized carbons (Fsp3) is 0.462. The molecular weight excluding hydrogens is 390 g/mol. The molecule has 22 heavy (non-hydrogen) atoms. The van der Waals surface area contributed by atoms with Gasteiger partial charge < -0.3 is 4.57 Å². The van der Waals surface area contributed by atoms with Crippen LogP contribution in [0.15, 0.2) is 23.1 Å². The molecule has 122 valence electrons. The van der Waals surface area contributed by atoms with Crippen molar-refractivity contribution in [2.45, 2.75) is 35.0 Å². The maximum absolute atomic E-state index is 11.9. The van der Waals surface area contributed by atoms with Gasteiger partial charge in [0.25, 0.3) is 0 Å². The number of hydrogen-bond acceptors (Lipinski definition) is 3. The second-order valence-electron chi connectivity index (χ2n) is 4.81. The highest BCUT2D eigenvalue weighted by molar-refractivity contribution is 7.92. The van der Waals surface area contributed by atoms with Gasteiger partial charge in [0.15, 0.2) is 15.7 Å². The summed E-state index contributed by atoms with van der Waals surface area (Å²) in [6.07, 6.45) is 1.86. The summed E-state index contributed by atoms with van der Waals surface area (Å²) in [4.78, 5) is 4.41. The number of sulfone groups is 1. The largest absolute Gasteiger partial charge is 0.324 e. The molecule has 4 nitrogen and oxygen atoms in total. The van der Waals surface area contributed by atoms with Crippen molar-refractivity contribution < 1.29 is 8.42 Å². The second kappa shape index (κ2) is 6.73. The maximum Gasteiger partial charge on any atom is 0.248 e. The van der Waals surface area contributed by atoms with Gasteiger partial charge in [0.05, 0.1) is 15.9 Å². The summed E-state index contributed by atoms with van der Waals surface area (Å²) in [5.41, 5.74) is 1.19. The Morgan fingerprint density at radius 2 is 1.95 bits per heavy atom. The Labute approximate surface area is 149 Å². The molecule has 1 aromatic carbocycles. The molecule has 1 aromatic heterocycles. The topological polar surface area (TPSA) is 52.0 Å². The van der Waals surface area contributed by atoms with Crippen LogP contribution in [-0.2, 0) is 20.2 Å². The molecule has 2 rings (SSSR count). The number of aryl methyl sites for hydroxylation is 1. The molecule has 9 heteroatoms. The molecule has 0 unspecified atom stereocenters. The Balaban J connectivity index is 2.65. The third-order valence-corrected chi connectivity index (χ3v) is 5.84. The zero-order chi connectivity index (χ0) is 16.5. The first-order valence-corrected chi connectivity index (χ1v) is 9.89. The Morgan fingerprint density at radius 1 is 1.27 bits per heavy atom. The molecule has 0 spiro atoms. The molecule has 0 bridgehead atoms. The van der Waals surface area contributed by atoms with E-state index in [1.165, 1.54) is 12.1 Å². The van der Waals surface area contributed by atoms with Gasteiger partial charge in [-0.15, -0.1) is 11.6 Å². The van der Waals surface area contributed by atoms with E-state index in [2.05, 4.69) is 11.9 Å². The summed E-state index contributed by atoms with van der Waals surface area (Å²) in [7, 11) is -3.53. The molecule has 0 radical (unpaired) electrons. The van der Waals surface area contributed by atoms with Crippen molar-refractivity contribution >= 4 is 67.3 Å². The highest BCUT2D eigenvalue weighted by Gasteiger charge is 2.30. The standard InChI is InChI=1S/C13H14Cl4N2O2S/c1-2-3-6-19-11-5-4-9(22(20,21)8-14)7-10(11)18-12(19)13(15,16)17/h4-5,7H,2-3,6,8H2,1H3. The van der Waals surface area contributed by atoms with Gasteiger partial charge in [0, 0.05) is 6.54 Å². The first kappa shape index (κ1) is 18.1. The fourth-order valence-corrected chi connectivity index (χ4v) is 3.63. The minimum absolute atomic E-state index is 0.103. The van der Waals surface area contributed by atoms with E-state index in [-0.39, 0.29) is 10.7 Å². The normalized spacial score (nSPS) is 13.0. The lowest BCUT2D eigenvalue weighted by atomic mass is 10.3. The van der Waals surface area contributed by atoms with Crippen molar-refractivity contribution in [3.8, 4) is 0 Å². The number of benzene rings is 1. The number of rotatable bonds is 5. The van der Waals surface area contributed by atoms with Gasteiger partial charge in [0.1, 0.15) is 5.21 Å². The molecule has 0 fully saturated rings. The van der Waals surface area contributed by atoms with Crippen LogP contribution < -0.4 is 0 Å². The number of halogens is 4. The van der Waals surface area contributed by atoms with Gasteiger partial charge >= 0.3 is 0 Å². The van der Waals surface area contributed by atoms with E-state index in [4.69, 9.17) is 46.4 Å². The van der Waals surface area contributed by atoms with E-state index in [0.717, 1.165) is 18.4 Å². The van der Waals surface area contributed by atoms with Crippen LogP contribution in [0.25, 0.3) is 11.0 Å². The van der Waals surface area contributed by atoms with Crippen molar-refractivity contribution in [2.75, 3.05) is 5.21 Å². The van der Waals surface area contributed by atoms with Crippen LogP contribution in [0.4, 0.5) is 0 Å². The summed E-state index contributed by atoms with van der Waals surface area (Å²) < 4.78 is 23.8. The number of alkyl halides is 4.